The average molecular weight is 279 g/mol. The van der Waals surface area contributed by atoms with Crippen molar-refractivity contribution in [3.63, 3.8) is 0 Å². The monoisotopic (exact) mass is 279 g/mol. The minimum absolute atomic E-state index is 0.000500. The summed E-state index contributed by atoms with van der Waals surface area (Å²) in [6, 6.07) is 8.01. The summed E-state index contributed by atoms with van der Waals surface area (Å²) in [4.78, 5) is 13.2. The number of hydrogen-bond acceptors (Lipinski definition) is 3. The molecule has 20 heavy (non-hydrogen) atoms. The number of rotatable bonds is 8. The van der Waals surface area contributed by atoms with Gasteiger partial charge in [-0.3, -0.25) is 4.79 Å². The van der Waals surface area contributed by atoms with Crippen molar-refractivity contribution in [1.82, 2.24) is 4.90 Å². The Labute approximate surface area is 121 Å². The molecule has 4 heteroatoms. The zero-order chi connectivity index (χ0) is 15.0. The summed E-state index contributed by atoms with van der Waals surface area (Å²) in [7, 11) is 1.70. The lowest BCUT2D eigenvalue weighted by Gasteiger charge is -2.16. The minimum atomic E-state index is 0.000500. The molecule has 112 valence electrons. The van der Waals surface area contributed by atoms with E-state index in [1.165, 1.54) is 5.56 Å². The maximum absolute atomic E-state index is 11.7. The zero-order valence-electron chi connectivity index (χ0n) is 12.6. The van der Waals surface area contributed by atoms with E-state index in [9.17, 15) is 4.79 Å². The highest BCUT2D eigenvalue weighted by molar-refractivity contribution is 5.75. The Kier molecular flexibility index (Phi) is 7.09. The van der Waals surface area contributed by atoms with Gasteiger partial charge in [0.15, 0.2) is 0 Å². The summed E-state index contributed by atoms with van der Waals surface area (Å²) >= 11 is 0. The van der Waals surface area contributed by atoms with Gasteiger partial charge in [-0.05, 0) is 24.0 Å². The Morgan fingerprint density at radius 2 is 2.05 bits per heavy atom. The number of hydrogen-bond donors (Lipinski definition) is 1. The van der Waals surface area contributed by atoms with Crippen LogP contribution in [0.4, 0.5) is 0 Å². The van der Waals surface area contributed by atoms with Crippen LogP contribution in [0.25, 0.3) is 0 Å². The fourth-order valence-corrected chi connectivity index (χ4v) is 1.96. The third-order valence-corrected chi connectivity index (χ3v) is 3.19. The number of aliphatic hydroxyl groups is 1. The third-order valence-electron chi connectivity index (χ3n) is 3.19. The number of nitrogens with zero attached hydrogens (tertiary/aromatic N) is 1. The number of aliphatic hydroxyl groups excluding tert-OH is 1. The number of carbonyl (C=O) groups is 1. The van der Waals surface area contributed by atoms with Gasteiger partial charge in [-0.25, -0.2) is 0 Å². The summed E-state index contributed by atoms with van der Waals surface area (Å²) in [5, 5.41) is 8.77. The average Bonchev–Trinajstić information content (AvgIpc) is 2.43. The molecule has 1 aromatic carbocycles. The predicted octanol–water partition coefficient (Wildman–Crippen LogP) is 2.42. The Bertz CT molecular complexity index is 418. The molecule has 0 aromatic heterocycles. The second kappa shape index (κ2) is 8.59. The van der Waals surface area contributed by atoms with Gasteiger partial charge in [-0.1, -0.05) is 32.0 Å². The lowest BCUT2D eigenvalue weighted by Crippen LogP contribution is -2.29. The van der Waals surface area contributed by atoms with E-state index in [4.69, 9.17) is 9.84 Å². The second-order valence-electron chi connectivity index (χ2n) is 5.18. The van der Waals surface area contributed by atoms with Crippen LogP contribution in [0.15, 0.2) is 24.3 Å². The van der Waals surface area contributed by atoms with Crippen molar-refractivity contribution in [3.8, 4) is 5.75 Å². The molecule has 1 amide bonds. The van der Waals surface area contributed by atoms with Crippen molar-refractivity contribution in [3.05, 3.63) is 29.8 Å². The maximum atomic E-state index is 11.7. The van der Waals surface area contributed by atoms with Crippen molar-refractivity contribution in [2.45, 2.75) is 32.6 Å². The molecule has 0 saturated carbocycles. The largest absolute Gasteiger partial charge is 0.493 e. The summed E-state index contributed by atoms with van der Waals surface area (Å²) in [6.07, 6.45) is 1.13. The summed E-state index contributed by atoms with van der Waals surface area (Å²) in [6.45, 7) is 5.18. The zero-order valence-corrected chi connectivity index (χ0v) is 12.6. The van der Waals surface area contributed by atoms with E-state index >= 15 is 0 Å². The summed E-state index contributed by atoms with van der Waals surface area (Å²) in [5.41, 5.74) is 1.19. The summed E-state index contributed by atoms with van der Waals surface area (Å²) < 4.78 is 5.77. The molecule has 0 aliphatic carbocycles. The van der Waals surface area contributed by atoms with E-state index in [2.05, 4.69) is 19.9 Å². The molecule has 0 atom stereocenters. The maximum Gasteiger partial charge on any atom is 0.222 e. The fourth-order valence-electron chi connectivity index (χ4n) is 1.96. The minimum Gasteiger partial charge on any atom is -0.493 e. The molecule has 0 fully saturated rings. The standard InChI is InChI=1S/C16H25NO3/c1-13(2)14-7-4-5-8-15(14)20-12-6-9-16(19)17(3)10-11-18/h4-5,7-8,13,18H,6,9-12H2,1-3H3. The van der Waals surface area contributed by atoms with Gasteiger partial charge < -0.3 is 14.7 Å². The number of benzene rings is 1. The SMILES string of the molecule is CC(C)c1ccccc1OCCCC(=O)N(C)CCO. The quantitative estimate of drug-likeness (QED) is 0.743. The van der Waals surface area contributed by atoms with Gasteiger partial charge >= 0.3 is 0 Å². The van der Waals surface area contributed by atoms with Crippen LogP contribution in [0.5, 0.6) is 5.75 Å². The van der Waals surface area contributed by atoms with Gasteiger partial charge in [0.2, 0.25) is 5.91 Å². The third kappa shape index (κ3) is 5.21. The van der Waals surface area contributed by atoms with Crippen LogP contribution in [0, 0.1) is 0 Å². The number of carbonyl (C=O) groups excluding carboxylic acids is 1. The lowest BCUT2D eigenvalue weighted by atomic mass is 10.0. The molecular formula is C16H25NO3. The Balaban J connectivity index is 2.36. The topological polar surface area (TPSA) is 49.8 Å². The second-order valence-corrected chi connectivity index (χ2v) is 5.18. The van der Waals surface area contributed by atoms with Gasteiger partial charge in [-0.2, -0.15) is 0 Å². The van der Waals surface area contributed by atoms with E-state index in [1.54, 1.807) is 11.9 Å². The van der Waals surface area contributed by atoms with Crippen LogP contribution in [-0.4, -0.2) is 42.7 Å². The van der Waals surface area contributed by atoms with Crippen LogP contribution in [-0.2, 0) is 4.79 Å². The molecule has 0 spiro atoms. The molecule has 1 aromatic rings. The normalized spacial score (nSPS) is 10.7. The van der Waals surface area contributed by atoms with Crippen molar-refractivity contribution in [1.29, 1.82) is 0 Å². The van der Waals surface area contributed by atoms with Crippen LogP contribution in [0.2, 0.25) is 0 Å². The highest BCUT2D eigenvalue weighted by Crippen LogP contribution is 2.25. The fraction of sp³-hybridized carbons (Fsp3) is 0.562. The Morgan fingerprint density at radius 3 is 2.70 bits per heavy atom. The Hall–Kier alpha value is -1.55. The van der Waals surface area contributed by atoms with Gasteiger partial charge in [-0.15, -0.1) is 0 Å². The van der Waals surface area contributed by atoms with Crippen LogP contribution < -0.4 is 4.74 Å². The number of ether oxygens (including phenoxy) is 1. The molecule has 0 aliphatic heterocycles. The first kappa shape index (κ1) is 16.5. The molecule has 0 bridgehead atoms. The number of amides is 1. The van der Waals surface area contributed by atoms with Crippen LogP contribution >= 0.6 is 0 Å². The predicted molar refractivity (Wildman–Crippen MR) is 80.0 cm³/mol. The van der Waals surface area contributed by atoms with E-state index < -0.39 is 0 Å². The molecule has 0 aliphatic rings. The lowest BCUT2D eigenvalue weighted by molar-refractivity contribution is -0.130. The molecular weight excluding hydrogens is 254 g/mol. The number of likely N-dealkylation sites (N-methyl/N-ethyl adjacent to an activating group) is 1. The first-order valence-electron chi connectivity index (χ1n) is 7.12. The van der Waals surface area contributed by atoms with Crippen LogP contribution in [0.1, 0.15) is 38.2 Å². The first-order chi connectivity index (χ1) is 9.56. The van der Waals surface area contributed by atoms with E-state index in [1.807, 2.05) is 18.2 Å². The molecule has 1 N–H and O–H groups in total. The molecule has 1 rings (SSSR count). The van der Waals surface area contributed by atoms with Crippen molar-refractivity contribution in [2.75, 3.05) is 26.8 Å². The summed E-state index contributed by atoms with van der Waals surface area (Å²) in [5.74, 6) is 1.36. The van der Waals surface area contributed by atoms with Gasteiger partial charge in [0.25, 0.3) is 0 Å². The molecule has 0 radical (unpaired) electrons. The van der Waals surface area contributed by atoms with E-state index in [0.29, 0.717) is 31.9 Å². The highest BCUT2D eigenvalue weighted by atomic mass is 16.5. The van der Waals surface area contributed by atoms with Gasteiger partial charge in [0.1, 0.15) is 5.75 Å². The smallest absolute Gasteiger partial charge is 0.222 e. The van der Waals surface area contributed by atoms with Gasteiger partial charge in [0.05, 0.1) is 13.2 Å². The van der Waals surface area contributed by atoms with Crippen molar-refractivity contribution < 1.29 is 14.6 Å². The van der Waals surface area contributed by atoms with E-state index in [-0.39, 0.29) is 12.5 Å². The van der Waals surface area contributed by atoms with E-state index in [0.717, 1.165) is 5.75 Å². The molecule has 0 unspecified atom stereocenters. The van der Waals surface area contributed by atoms with Crippen molar-refractivity contribution >= 4 is 5.91 Å². The number of para-hydroxylation sites is 1. The Morgan fingerprint density at radius 1 is 1.35 bits per heavy atom. The van der Waals surface area contributed by atoms with Crippen LogP contribution in [0.3, 0.4) is 0 Å². The molecule has 0 saturated heterocycles. The van der Waals surface area contributed by atoms with Crippen molar-refractivity contribution in [2.24, 2.45) is 0 Å². The first-order valence-corrected chi connectivity index (χ1v) is 7.12. The van der Waals surface area contributed by atoms with Gasteiger partial charge in [0, 0.05) is 20.0 Å². The molecule has 4 nitrogen and oxygen atoms in total. The highest BCUT2D eigenvalue weighted by Gasteiger charge is 2.09. The molecule has 0 heterocycles.